The molecule has 8 heteroatoms. The molecule has 2 aromatic carbocycles. The summed E-state index contributed by atoms with van der Waals surface area (Å²) in [4.78, 5) is 14.8. The summed E-state index contributed by atoms with van der Waals surface area (Å²) < 4.78 is 19.2. The molecule has 1 atom stereocenters. The van der Waals surface area contributed by atoms with Crippen molar-refractivity contribution < 1.29 is 19.0 Å². The molecule has 4 N–H and O–H groups in total. The van der Waals surface area contributed by atoms with Gasteiger partial charge < -0.3 is 20.3 Å². The van der Waals surface area contributed by atoms with Gasteiger partial charge in [-0.15, -0.1) is 0 Å². The number of aromatic nitrogens is 1. The van der Waals surface area contributed by atoms with E-state index in [0.717, 1.165) is 0 Å². The molecule has 1 heterocycles. The molecule has 0 aliphatic carbocycles. The van der Waals surface area contributed by atoms with Crippen LogP contribution in [0.3, 0.4) is 0 Å². The Labute approximate surface area is 149 Å². The van der Waals surface area contributed by atoms with E-state index in [-0.39, 0.29) is 17.6 Å². The molecule has 0 spiro atoms. The summed E-state index contributed by atoms with van der Waals surface area (Å²) in [6, 6.07) is 11.5. The number of benzene rings is 2. The fourth-order valence-electron chi connectivity index (χ4n) is 2.80. The number of aromatic amines is 1. The van der Waals surface area contributed by atoms with Gasteiger partial charge in [-0.25, -0.2) is 0 Å². The van der Waals surface area contributed by atoms with E-state index < -0.39 is 13.3 Å². The van der Waals surface area contributed by atoms with Crippen LogP contribution in [0.5, 0.6) is 0 Å². The molecule has 0 bridgehead atoms. The van der Waals surface area contributed by atoms with Crippen LogP contribution in [0.25, 0.3) is 10.9 Å². The molecule has 0 fully saturated rings. The molecule has 0 aliphatic rings. The number of H-pyrrole nitrogens is 1. The number of amides is 1. The van der Waals surface area contributed by atoms with Crippen molar-refractivity contribution in [1.82, 2.24) is 4.98 Å². The molecule has 6 nitrogen and oxygen atoms in total. The van der Waals surface area contributed by atoms with E-state index in [1.54, 1.807) is 42.5 Å². The zero-order valence-electron chi connectivity index (χ0n) is 13.3. The third kappa shape index (κ3) is 2.98. The van der Waals surface area contributed by atoms with Crippen molar-refractivity contribution in [2.45, 2.75) is 6.61 Å². The van der Waals surface area contributed by atoms with Crippen molar-refractivity contribution in [3.05, 3.63) is 58.7 Å². The molecule has 0 saturated heterocycles. The van der Waals surface area contributed by atoms with Crippen molar-refractivity contribution in [3.8, 4) is 0 Å². The average molecular weight is 379 g/mol. The molecule has 0 radical (unpaired) electrons. The highest BCUT2D eigenvalue weighted by Gasteiger charge is 2.35. The van der Waals surface area contributed by atoms with Gasteiger partial charge in [0.2, 0.25) is 0 Å². The van der Waals surface area contributed by atoms with Crippen LogP contribution in [-0.4, -0.2) is 23.1 Å². The molecular formula is C17H16ClN2O4P. The number of hydrogen-bond acceptors (Lipinski definition) is 4. The largest absolute Gasteiger partial charge is 0.392 e. The van der Waals surface area contributed by atoms with Crippen molar-refractivity contribution in [1.29, 1.82) is 0 Å². The first-order valence-corrected chi connectivity index (χ1v) is 9.38. The number of rotatable bonds is 5. The molecule has 130 valence electrons. The molecule has 1 amide bonds. The second-order valence-corrected chi connectivity index (χ2v) is 8.33. The van der Waals surface area contributed by atoms with E-state index in [9.17, 15) is 14.5 Å². The number of carbonyl (C=O) groups excluding carboxylic acids is 1. The number of carbonyl (C=O) groups is 1. The Bertz CT molecular complexity index is 1020. The highest BCUT2D eigenvalue weighted by Crippen LogP contribution is 2.47. The predicted molar refractivity (Wildman–Crippen MR) is 98.1 cm³/mol. The summed E-state index contributed by atoms with van der Waals surface area (Å²) in [7, 11) is -2.35. The van der Waals surface area contributed by atoms with Crippen molar-refractivity contribution in [3.63, 3.8) is 0 Å². The third-order valence-corrected chi connectivity index (χ3v) is 6.72. The van der Waals surface area contributed by atoms with E-state index in [4.69, 9.17) is 21.9 Å². The van der Waals surface area contributed by atoms with Crippen molar-refractivity contribution >= 4 is 46.4 Å². The van der Waals surface area contributed by atoms with Gasteiger partial charge in [-0.3, -0.25) is 9.36 Å². The molecule has 0 saturated carbocycles. The smallest absolute Gasteiger partial charge is 0.266 e. The minimum Gasteiger partial charge on any atom is -0.392 e. The summed E-state index contributed by atoms with van der Waals surface area (Å²) in [6.07, 6.45) is 0. The zero-order chi connectivity index (χ0) is 18.2. The van der Waals surface area contributed by atoms with Gasteiger partial charge in [-0.1, -0.05) is 23.7 Å². The zero-order valence-corrected chi connectivity index (χ0v) is 15.0. The van der Waals surface area contributed by atoms with Crippen molar-refractivity contribution in [2.24, 2.45) is 5.73 Å². The number of nitrogens with one attached hydrogen (secondary N) is 1. The SMILES string of the molecule is COP(=O)(c1cccc(CO)c1)c1c(C(N)=O)[nH]c2ccc(Cl)cc12. The third-order valence-electron chi connectivity index (χ3n) is 3.96. The highest BCUT2D eigenvalue weighted by molar-refractivity contribution is 7.75. The van der Waals surface area contributed by atoms with Gasteiger partial charge >= 0.3 is 0 Å². The Morgan fingerprint density at radius 1 is 1.32 bits per heavy atom. The summed E-state index contributed by atoms with van der Waals surface area (Å²) in [5.74, 6) is -0.752. The Morgan fingerprint density at radius 3 is 2.72 bits per heavy atom. The van der Waals surface area contributed by atoms with Gasteiger partial charge in [0, 0.05) is 28.3 Å². The van der Waals surface area contributed by atoms with E-state index >= 15 is 0 Å². The van der Waals surface area contributed by atoms with Gasteiger partial charge in [0.25, 0.3) is 13.3 Å². The highest BCUT2D eigenvalue weighted by atomic mass is 35.5. The van der Waals surface area contributed by atoms with Crippen LogP contribution < -0.4 is 16.3 Å². The standard InChI is InChI=1S/C17H16ClN2O4P/c1-24-25(23,12-4-2-3-10(7-12)9-21)16-13-8-11(18)5-6-14(13)20-15(16)17(19)22/h2-8,20-21H,9H2,1H3,(H2,19,22). The number of fused-ring (bicyclic) bond motifs is 1. The Hall–Kier alpha value is -2.11. The molecule has 1 unspecified atom stereocenters. The fourth-order valence-corrected chi connectivity index (χ4v) is 5.20. The van der Waals surface area contributed by atoms with Crippen molar-refractivity contribution in [2.75, 3.05) is 7.11 Å². The first kappa shape index (κ1) is 17.7. The van der Waals surface area contributed by atoms with Gasteiger partial charge in [0.1, 0.15) is 5.69 Å². The van der Waals surface area contributed by atoms with E-state index in [1.807, 2.05) is 0 Å². The van der Waals surface area contributed by atoms with E-state index in [1.165, 1.54) is 7.11 Å². The molecule has 25 heavy (non-hydrogen) atoms. The minimum absolute atomic E-state index is 0.0110. The van der Waals surface area contributed by atoms with Gasteiger partial charge in [0.05, 0.1) is 11.9 Å². The molecule has 3 rings (SSSR count). The first-order chi connectivity index (χ1) is 11.9. The first-order valence-electron chi connectivity index (χ1n) is 7.38. The normalized spacial score (nSPS) is 13.7. The molecule has 3 aromatic rings. The van der Waals surface area contributed by atoms with E-state index in [0.29, 0.717) is 26.8 Å². The van der Waals surface area contributed by atoms with Crippen LogP contribution in [0.15, 0.2) is 42.5 Å². The Morgan fingerprint density at radius 2 is 2.08 bits per heavy atom. The molecular weight excluding hydrogens is 363 g/mol. The quantitative estimate of drug-likeness (QED) is 0.592. The maximum Gasteiger partial charge on any atom is 0.266 e. The number of aliphatic hydroxyl groups excluding tert-OH is 1. The van der Waals surface area contributed by atoms with Crippen LogP contribution in [0.4, 0.5) is 0 Å². The lowest BCUT2D eigenvalue weighted by atomic mass is 10.2. The second-order valence-electron chi connectivity index (χ2n) is 5.46. The minimum atomic E-state index is -3.66. The second kappa shape index (κ2) is 6.65. The van der Waals surface area contributed by atoms with Crippen LogP contribution in [0.1, 0.15) is 16.1 Å². The van der Waals surface area contributed by atoms with Gasteiger partial charge in [-0.05, 0) is 35.9 Å². The number of primary amides is 1. The summed E-state index contributed by atoms with van der Waals surface area (Å²) in [5.41, 5.74) is 6.64. The summed E-state index contributed by atoms with van der Waals surface area (Å²) >= 11 is 6.07. The topological polar surface area (TPSA) is 105 Å². The lowest BCUT2D eigenvalue weighted by Crippen LogP contribution is -2.26. The number of aliphatic hydroxyl groups is 1. The van der Waals surface area contributed by atoms with Crippen LogP contribution in [-0.2, 0) is 15.7 Å². The number of hydrogen-bond donors (Lipinski definition) is 3. The van der Waals surface area contributed by atoms with Crippen LogP contribution in [0, 0.1) is 0 Å². The molecule has 1 aromatic heterocycles. The summed E-state index contributed by atoms with van der Waals surface area (Å²) in [6.45, 7) is -0.208. The summed E-state index contributed by atoms with van der Waals surface area (Å²) in [5, 5.41) is 10.8. The Balaban J connectivity index is 2.37. The lowest BCUT2D eigenvalue weighted by molar-refractivity contribution is 0.0997. The number of halogens is 1. The fraction of sp³-hybridized carbons (Fsp3) is 0.118. The monoisotopic (exact) mass is 378 g/mol. The predicted octanol–water partition coefficient (Wildman–Crippen LogP) is 2.29. The van der Waals surface area contributed by atoms with Gasteiger partial charge in [-0.2, -0.15) is 0 Å². The average Bonchev–Trinajstić information content (AvgIpc) is 3.00. The van der Waals surface area contributed by atoms with Crippen LogP contribution in [0.2, 0.25) is 5.02 Å². The number of nitrogens with two attached hydrogens (primary N) is 1. The Kier molecular flexibility index (Phi) is 4.71. The van der Waals surface area contributed by atoms with Gasteiger partial charge in [0.15, 0.2) is 0 Å². The maximum absolute atomic E-state index is 13.8. The lowest BCUT2D eigenvalue weighted by Gasteiger charge is -2.18. The van der Waals surface area contributed by atoms with Crippen LogP contribution >= 0.6 is 19.0 Å². The molecule has 0 aliphatic heterocycles. The maximum atomic E-state index is 13.8. The van der Waals surface area contributed by atoms with E-state index in [2.05, 4.69) is 4.98 Å².